The molecule has 0 fully saturated rings. The number of hydrogen-bond acceptors (Lipinski definition) is 8. The molecular weight excluding hydrogens is 438 g/mol. The fraction of sp³-hybridized carbons (Fsp3) is 0.640. The number of amides is 1. The van der Waals surface area contributed by atoms with Crippen molar-refractivity contribution in [3.63, 3.8) is 0 Å². The lowest BCUT2D eigenvalue weighted by atomic mass is 9.96. The summed E-state index contributed by atoms with van der Waals surface area (Å²) in [5, 5.41) is 9.44. The van der Waals surface area contributed by atoms with E-state index in [4.69, 9.17) is 14.2 Å². The van der Waals surface area contributed by atoms with Crippen molar-refractivity contribution in [2.24, 2.45) is 5.92 Å². The highest BCUT2D eigenvalue weighted by molar-refractivity contribution is 5.76. The van der Waals surface area contributed by atoms with Crippen molar-refractivity contribution in [3.8, 4) is 0 Å². The van der Waals surface area contributed by atoms with Gasteiger partial charge in [-0.25, -0.2) is 4.79 Å². The molecule has 1 rings (SSSR count). The van der Waals surface area contributed by atoms with E-state index >= 15 is 0 Å². The summed E-state index contributed by atoms with van der Waals surface area (Å²) in [7, 11) is 2.67. The minimum Gasteiger partial charge on any atom is -0.468 e. The number of methoxy groups -OCH3 is 2. The Morgan fingerprint density at radius 1 is 0.941 bits per heavy atom. The first-order valence-corrected chi connectivity index (χ1v) is 11.6. The van der Waals surface area contributed by atoms with Gasteiger partial charge >= 0.3 is 18.0 Å². The van der Waals surface area contributed by atoms with E-state index in [1.807, 2.05) is 44.2 Å². The van der Waals surface area contributed by atoms with E-state index < -0.39 is 47.8 Å². The Bertz CT molecular complexity index is 779. The van der Waals surface area contributed by atoms with Crippen LogP contribution in [0.1, 0.15) is 59.6 Å². The molecule has 0 radical (unpaired) electrons. The van der Waals surface area contributed by atoms with Crippen LogP contribution in [-0.2, 0) is 23.8 Å². The molecule has 0 aliphatic rings. The molecule has 0 unspecified atom stereocenters. The summed E-state index contributed by atoms with van der Waals surface area (Å²) in [6.45, 7) is 11.3. The fourth-order valence-electron chi connectivity index (χ4n) is 3.45. The van der Waals surface area contributed by atoms with Crippen LogP contribution >= 0.6 is 0 Å². The third kappa shape index (κ3) is 10.5. The maximum atomic E-state index is 12.7. The van der Waals surface area contributed by atoms with Crippen LogP contribution in [0.5, 0.6) is 0 Å². The van der Waals surface area contributed by atoms with Gasteiger partial charge in [-0.2, -0.15) is 0 Å². The highest BCUT2D eigenvalue weighted by Gasteiger charge is 2.32. The quantitative estimate of drug-likeness (QED) is 0.310. The van der Waals surface area contributed by atoms with Crippen molar-refractivity contribution in [1.29, 1.82) is 0 Å². The van der Waals surface area contributed by atoms with Crippen LogP contribution < -0.4 is 16.0 Å². The SMILES string of the molecule is COC(=O)[C@H](C)NC[C@@H](N[C@@H](CC(C)C)C(=O)OC)[C@@H](NC(=O)OC(C)(C)C)c1ccccc1. The smallest absolute Gasteiger partial charge is 0.408 e. The third-order valence-electron chi connectivity index (χ3n) is 5.04. The molecule has 9 nitrogen and oxygen atoms in total. The Balaban J connectivity index is 3.33. The van der Waals surface area contributed by atoms with Crippen LogP contribution in [0.3, 0.4) is 0 Å². The molecule has 34 heavy (non-hydrogen) atoms. The first-order chi connectivity index (χ1) is 15.9. The largest absolute Gasteiger partial charge is 0.468 e. The lowest BCUT2D eigenvalue weighted by molar-refractivity contribution is -0.144. The molecule has 0 heterocycles. The second kappa shape index (κ2) is 13.9. The zero-order valence-corrected chi connectivity index (χ0v) is 21.6. The zero-order chi connectivity index (χ0) is 25.9. The van der Waals surface area contributed by atoms with E-state index in [-0.39, 0.29) is 12.5 Å². The standard InChI is InChI=1S/C25H41N3O6/c1-16(2)14-19(23(30)33-8)27-20(15-26-17(3)22(29)32-7)21(18-12-10-9-11-13-18)28-24(31)34-25(4,5)6/h9-13,16-17,19-21,26-27H,14-15H2,1-8H3,(H,28,31)/t17-,19-,20+,21-/m0/s1. The predicted octanol–water partition coefficient (Wildman–Crippen LogP) is 2.95. The molecule has 1 aromatic rings. The number of esters is 2. The fourth-order valence-corrected chi connectivity index (χ4v) is 3.45. The molecule has 3 N–H and O–H groups in total. The van der Waals surface area contributed by atoms with Crippen molar-refractivity contribution in [3.05, 3.63) is 35.9 Å². The molecule has 0 bridgehead atoms. The van der Waals surface area contributed by atoms with Crippen molar-refractivity contribution in [2.45, 2.75) is 77.7 Å². The Morgan fingerprint density at radius 3 is 2.03 bits per heavy atom. The second-order valence-electron chi connectivity index (χ2n) is 9.67. The molecule has 0 aliphatic heterocycles. The zero-order valence-electron chi connectivity index (χ0n) is 21.6. The number of carbonyl (C=O) groups is 3. The van der Waals surface area contributed by atoms with Crippen LogP contribution in [0.4, 0.5) is 4.79 Å². The summed E-state index contributed by atoms with van der Waals surface area (Å²) >= 11 is 0. The molecule has 9 heteroatoms. The van der Waals surface area contributed by atoms with E-state index in [0.29, 0.717) is 6.42 Å². The van der Waals surface area contributed by atoms with E-state index in [0.717, 1.165) is 5.56 Å². The van der Waals surface area contributed by atoms with Crippen LogP contribution in [0.25, 0.3) is 0 Å². The van der Waals surface area contributed by atoms with Gasteiger partial charge in [0.1, 0.15) is 17.7 Å². The van der Waals surface area contributed by atoms with Gasteiger partial charge in [-0.15, -0.1) is 0 Å². The summed E-state index contributed by atoms with van der Waals surface area (Å²) < 4.78 is 15.3. The van der Waals surface area contributed by atoms with Crippen molar-refractivity contribution >= 4 is 18.0 Å². The second-order valence-corrected chi connectivity index (χ2v) is 9.67. The number of rotatable bonds is 12. The maximum absolute atomic E-state index is 12.7. The highest BCUT2D eigenvalue weighted by atomic mass is 16.6. The molecule has 0 aliphatic carbocycles. The van der Waals surface area contributed by atoms with Crippen molar-refractivity contribution in [1.82, 2.24) is 16.0 Å². The van der Waals surface area contributed by atoms with Gasteiger partial charge in [0.15, 0.2) is 0 Å². The van der Waals surface area contributed by atoms with Crippen LogP contribution in [0.15, 0.2) is 30.3 Å². The lowest BCUT2D eigenvalue weighted by Gasteiger charge is -2.34. The summed E-state index contributed by atoms with van der Waals surface area (Å²) in [5.74, 6) is -0.598. The predicted molar refractivity (Wildman–Crippen MR) is 130 cm³/mol. The maximum Gasteiger partial charge on any atom is 0.408 e. The van der Waals surface area contributed by atoms with E-state index in [1.54, 1.807) is 27.7 Å². The number of nitrogens with one attached hydrogen (secondary N) is 3. The Morgan fingerprint density at radius 2 is 1.53 bits per heavy atom. The van der Waals surface area contributed by atoms with E-state index in [2.05, 4.69) is 16.0 Å². The van der Waals surface area contributed by atoms with Gasteiger partial charge in [0, 0.05) is 12.6 Å². The van der Waals surface area contributed by atoms with Crippen LogP contribution in [0, 0.1) is 5.92 Å². The van der Waals surface area contributed by atoms with Gasteiger partial charge in [-0.05, 0) is 45.6 Å². The summed E-state index contributed by atoms with van der Waals surface area (Å²) in [4.78, 5) is 37.3. The first kappa shape index (κ1) is 29.4. The molecule has 0 saturated carbocycles. The van der Waals surface area contributed by atoms with E-state index in [1.165, 1.54) is 14.2 Å². The Kier molecular flexibility index (Phi) is 12.0. The topological polar surface area (TPSA) is 115 Å². The molecule has 0 aromatic heterocycles. The third-order valence-corrected chi connectivity index (χ3v) is 5.04. The molecule has 0 spiro atoms. The van der Waals surface area contributed by atoms with Gasteiger partial charge in [-0.3, -0.25) is 14.9 Å². The first-order valence-electron chi connectivity index (χ1n) is 11.6. The molecular formula is C25H41N3O6. The summed E-state index contributed by atoms with van der Waals surface area (Å²) in [6.07, 6.45) is -0.0587. The average molecular weight is 480 g/mol. The number of alkyl carbamates (subject to hydrolysis) is 1. The van der Waals surface area contributed by atoms with Crippen LogP contribution in [-0.4, -0.2) is 62.5 Å². The number of benzene rings is 1. The Labute approximate surface area is 203 Å². The number of carbonyl (C=O) groups excluding carboxylic acids is 3. The average Bonchev–Trinajstić information content (AvgIpc) is 2.77. The van der Waals surface area contributed by atoms with E-state index in [9.17, 15) is 14.4 Å². The van der Waals surface area contributed by atoms with Crippen molar-refractivity contribution in [2.75, 3.05) is 20.8 Å². The van der Waals surface area contributed by atoms with Crippen molar-refractivity contribution < 1.29 is 28.6 Å². The summed E-state index contributed by atoms with van der Waals surface area (Å²) in [6, 6.07) is 7.11. The van der Waals surface area contributed by atoms with Gasteiger partial charge in [0.2, 0.25) is 0 Å². The minimum atomic E-state index is -0.682. The van der Waals surface area contributed by atoms with Gasteiger partial charge in [0.05, 0.1) is 20.3 Å². The van der Waals surface area contributed by atoms with Gasteiger partial charge < -0.3 is 24.8 Å². The van der Waals surface area contributed by atoms with Gasteiger partial charge in [-0.1, -0.05) is 44.2 Å². The molecule has 192 valence electrons. The monoisotopic (exact) mass is 479 g/mol. The van der Waals surface area contributed by atoms with Crippen LogP contribution in [0.2, 0.25) is 0 Å². The normalized spacial score (nSPS) is 15.1. The molecule has 1 aromatic carbocycles. The molecule has 0 saturated heterocycles. The minimum absolute atomic E-state index is 0.216. The summed E-state index contributed by atoms with van der Waals surface area (Å²) in [5.41, 5.74) is 0.129. The molecule has 1 amide bonds. The highest BCUT2D eigenvalue weighted by Crippen LogP contribution is 2.20. The number of hydrogen-bond donors (Lipinski definition) is 3. The molecule has 4 atom stereocenters. The number of ether oxygens (including phenoxy) is 3. The van der Waals surface area contributed by atoms with Gasteiger partial charge in [0.25, 0.3) is 0 Å². The Hall–Kier alpha value is -2.65. The lowest BCUT2D eigenvalue weighted by Crippen LogP contribution is -2.56.